The lowest BCUT2D eigenvalue weighted by Crippen LogP contribution is -2.07. The van der Waals surface area contributed by atoms with E-state index in [4.69, 9.17) is 0 Å². The molecule has 0 radical (unpaired) electrons. The Morgan fingerprint density at radius 3 is 2.73 bits per heavy atom. The number of aromatic nitrogens is 1. The van der Waals surface area contributed by atoms with E-state index < -0.39 is 0 Å². The van der Waals surface area contributed by atoms with Gasteiger partial charge in [-0.1, -0.05) is 19.9 Å². The molecule has 0 spiro atoms. The molecule has 0 bridgehead atoms. The fourth-order valence-electron chi connectivity index (χ4n) is 1.30. The number of allylic oxidation sites excluding steroid dienone is 1. The van der Waals surface area contributed by atoms with E-state index >= 15 is 0 Å². The van der Waals surface area contributed by atoms with Gasteiger partial charge in [0.05, 0.1) is 0 Å². The van der Waals surface area contributed by atoms with Crippen molar-refractivity contribution in [2.24, 2.45) is 0 Å². The van der Waals surface area contributed by atoms with Crippen LogP contribution in [0.4, 0.5) is 5.82 Å². The van der Waals surface area contributed by atoms with E-state index in [9.17, 15) is 4.79 Å². The van der Waals surface area contributed by atoms with Gasteiger partial charge in [0, 0.05) is 13.1 Å². The SMILES string of the molecule is C=C(CCC)c1ccc(NC(C)=O)nc1. The largest absolute Gasteiger partial charge is 0.311 e. The van der Waals surface area contributed by atoms with Crippen LogP contribution in [0.1, 0.15) is 32.3 Å². The normalized spacial score (nSPS) is 9.73. The van der Waals surface area contributed by atoms with E-state index in [1.54, 1.807) is 12.3 Å². The number of nitrogens with one attached hydrogen (secondary N) is 1. The lowest BCUT2D eigenvalue weighted by atomic mass is 10.1. The molecule has 0 saturated carbocycles. The Morgan fingerprint density at radius 1 is 1.53 bits per heavy atom. The molecule has 1 rings (SSSR count). The third-order valence-electron chi connectivity index (χ3n) is 2.03. The molecule has 1 amide bonds. The van der Waals surface area contributed by atoms with Crippen molar-refractivity contribution in [3.63, 3.8) is 0 Å². The summed E-state index contributed by atoms with van der Waals surface area (Å²) in [5.41, 5.74) is 2.12. The monoisotopic (exact) mass is 204 g/mol. The van der Waals surface area contributed by atoms with Crippen LogP contribution in [0.5, 0.6) is 0 Å². The number of pyridine rings is 1. The van der Waals surface area contributed by atoms with Crippen LogP contribution in [0.15, 0.2) is 24.9 Å². The Hall–Kier alpha value is -1.64. The number of anilines is 1. The minimum absolute atomic E-state index is 0.109. The van der Waals surface area contributed by atoms with Crippen molar-refractivity contribution in [1.29, 1.82) is 0 Å². The van der Waals surface area contributed by atoms with Gasteiger partial charge < -0.3 is 5.32 Å². The number of nitrogens with zero attached hydrogens (tertiary/aromatic N) is 1. The molecule has 1 heterocycles. The average molecular weight is 204 g/mol. The van der Waals surface area contributed by atoms with Crippen LogP contribution in [-0.4, -0.2) is 10.9 Å². The van der Waals surface area contributed by atoms with E-state index in [1.807, 2.05) is 6.07 Å². The van der Waals surface area contributed by atoms with Crippen LogP contribution in [-0.2, 0) is 4.79 Å². The summed E-state index contributed by atoms with van der Waals surface area (Å²) in [6, 6.07) is 3.72. The lowest BCUT2D eigenvalue weighted by molar-refractivity contribution is -0.114. The molecule has 80 valence electrons. The number of hydrogen-bond acceptors (Lipinski definition) is 2. The minimum atomic E-state index is -0.109. The maximum absolute atomic E-state index is 10.8. The van der Waals surface area contributed by atoms with Crippen molar-refractivity contribution in [3.8, 4) is 0 Å². The summed E-state index contributed by atoms with van der Waals surface area (Å²) in [5.74, 6) is 0.471. The first-order chi connectivity index (χ1) is 7.13. The Kier molecular flexibility index (Phi) is 4.03. The Labute approximate surface area is 90.2 Å². The number of hydrogen-bond donors (Lipinski definition) is 1. The quantitative estimate of drug-likeness (QED) is 0.819. The third kappa shape index (κ3) is 3.54. The smallest absolute Gasteiger partial charge is 0.222 e. The van der Waals surface area contributed by atoms with Crippen molar-refractivity contribution >= 4 is 17.3 Å². The first-order valence-electron chi connectivity index (χ1n) is 5.05. The van der Waals surface area contributed by atoms with Crippen molar-refractivity contribution < 1.29 is 4.79 Å². The van der Waals surface area contributed by atoms with Crippen molar-refractivity contribution in [3.05, 3.63) is 30.5 Å². The highest BCUT2D eigenvalue weighted by Crippen LogP contribution is 2.17. The molecule has 3 nitrogen and oxygen atoms in total. The number of carbonyl (C=O) groups is 1. The third-order valence-corrected chi connectivity index (χ3v) is 2.03. The van der Waals surface area contributed by atoms with Crippen LogP contribution in [0.3, 0.4) is 0 Å². The van der Waals surface area contributed by atoms with Gasteiger partial charge in [0.15, 0.2) is 0 Å². The highest BCUT2D eigenvalue weighted by Gasteiger charge is 2.00. The summed E-state index contributed by atoms with van der Waals surface area (Å²) >= 11 is 0. The summed E-state index contributed by atoms with van der Waals surface area (Å²) in [6.07, 6.45) is 3.79. The fourth-order valence-corrected chi connectivity index (χ4v) is 1.30. The van der Waals surface area contributed by atoms with E-state index in [0.717, 1.165) is 24.0 Å². The first-order valence-corrected chi connectivity index (χ1v) is 5.05. The predicted octanol–water partition coefficient (Wildman–Crippen LogP) is 2.85. The molecule has 1 aromatic heterocycles. The van der Waals surface area contributed by atoms with Gasteiger partial charge in [-0.05, 0) is 29.7 Å². The van der Waals surface area contributed by atoms with Gasteiger partial charge in [-0.3, -0.25) is 4.79 Å². The van der Waals surface area contributed by atoms with Crippen LogP contribution in [0.25, 0.3) is 5.57 Å². The van der Waals surface area contributed by atoms with Gasteiger partial charge in [-0.15, -0.1) is 0 Å². The topological polar surface area (TPSA) is 42.0 Å². The second-order valence-corrected chi connectivity index (χ2v) is 3.47. The molecule has 0 aliphatic heterocycles. The maximum atomic E-state index is 10.8. The van der Waals surface area contributed by atoms with Crippen LogP contribution in [0.2, 0.25) is 0 Å². The van der Waals surface area contributed by atoms with Gasteiger partial charge in [-0.25, -0.2) is 4.98 Å². The molecular formula is C12H16N2O. The molecule has 0 aromatic carbocycles. The van der Waals surface area contributed by atoms with Gasteiger partial charge in [0.2, 0.25) is 5.91 Å². The lowest BCUT2D eigenvalue weighted by Gasteiger charge is -2.05. The highest BCUT2D eigenvalue weighted by atomic mass is 16.1. The molecule has 1 N–H and O–H groups in total. The molecule has 0 unspecified atom stereocenters. The average Bonchev–Trinajstić information content (AvgIpc) is 2.18. The standard InChI is InChI=1S/C12H16N2O/c1-4-5-9(2)11-6-7-12(13-8-11)14-10(3)15/h6-8H,2,4-5H2,1,3H3,(H,13,14,15). The van der Waals surface area contributed by atoms with Gasteiger partial charge in [0.1, 0.15) is 5.82 Å². The summed E-state index contributed by atoms with van der Waals surface area (Å²) in [5, 5.41) is 2.62. The van der Waals surface area contributed by atoms with Crippen LogP contribution < -0.4 is 5.32 Å². The molecule has 15 heavy (non-hydrogen) atoms. The molecule has 0 fully saturated rings. The minimum Gasteiger partial charge on any atom is -0.311 e. The molecular weight excluding hydrogens is 188 g/mol. The van der Waals surface area contributed by atoms with E-state index in [2.05, 4.69) is 23.8 Å². The van der Waals surface area contributed by atoms with Gasteiger partial charge in [0.25, 0.3) is 0 Å². The molecule has 0 saturated heterocycles. The Morgan fingerprint density at radius 2 is 2.27 bits per heavy atom. The van der Waals surface area contributed by atoms with Crippen molar-refractivity contribution in [1.82, 2.24) is 4.98 Å². The summed E-state index contributed by atoms with van der Waals surface area (Å²) < 4.78 is 0. The molecule has 1 aromatic rings. The molecule has 0 atom stereocenters. The van der Waals surface area contributed by atoms with E-state index in [0.29, 0.717) is 5.82 Å². The summed E-state index contributed by atoms with van der Waals surface area (Å²) in [7, 11) is 0. The van der Waals surface area contributed by atoms with E-state index in [-0.39, 0.29) is 5.91 Å². The van der Waals surface area contributed by atoms with E-state index in [1.165, 1.54) is 6.92 Å². The highest BCUT2D eigenvalue weighted by molar-refractivity contribution is 5.87. The zero-order valence-corrected chi connectivity index (χ0v) is 9.21. The second-order valence-electron chi connectivity index (χ2n) is 3.47. The summed E-state index contributed by atoms with van der Waals surface area (Å²) in [4.78, 5) is 14.9. The summed E-state index contributed by atoms with van der Waals surface area (Å²) in [6.45, 7) is 7.56. The molecule has 3 heteroatoms. The first kappa shape index (κ1) is 11.4. The van der Waals surface area contributed by atoms with Crippen LogP contribution in [0, 0.1) is 0 Å². The second kappa shape index (κ2) is 5.29. The van der Waals surface area contributed by atoms with Crippen molar-refractivity contribution in [2.45, 2.75) is 26.7 Å². The number of carbonyl (C=O) groups excluding carboxylic acids is 1. The van der Waals surface area contributed by atoms with Crippen LogP contribution >= 0.6 is 0 Å². The fraction of sp³-hybridized carbons (Fsp3) is 0.333. The molecule has 0 aliphatic rings. The Bertz CT molecular complexity index is 354. The zero-order valence-electron chi connectivity index (χ0n) is 9.21. The maximum Gasteiger partial charge on any atom is 0.222 e. The Balaban J connectivity index is 2.71. The van der Waals surface area contributed by atoms with Crippen molar-refractivity contribution in [2.75, 3.05) is 5.32 Å². The number of rotatable bonds is 4. The zero-order chi connectivity index (χ0) is 11.3. The molecule has 0 aliphatic carbocycles. The number of amides is 1. The van der Waals surface area contributed by atoms with Gasteiger partial charge in [-0.2, -0.15) is 0 Å². The predicted molar refractivity (Wildman–Crippen MR) is 62.5 cm³/mol. The van der Waals surface area contributed by atoms with Gasteiger partial charge >= 0.3 is 0 Å².